The van der Waals surface area contributed by atoms with Crippen molar-refractivity contribution >= 4 is 35.0 Å². The molecular formula is C48H46N8O6. The number of nitrogens with zero attached hydrogens (tertiary/aromatic N) is 5. The van der Waals surface area contributed by atoms with Gasteiger partial charge in [0.2, 0.25) is 0 Å². The molecule has 4 N–H and O–H groups in total. The van der Waals surface area contributed by atoms with E-state index in [1.54, 1.807) is 21.9 Å². The molecule has 2 saturated heterocycles. The number of aromatic nitrogens is 4. The number of benzene rings is 4. The van der Waals surface area contributed by atoms with E-state index in [9.17, 15) is 24.3 Å². The Labute approximate surface area is 358 Å². The number of amides is 4. The number of alkyl carbamates (subject to hydrolysis) is 1. The van der Waals surface area contributed by atoms with Crippen LogP contribution in [0.5, 0.6) is 0 Å². The number of rotatable bonds is 8. The van der Waals surface area contributed by atoms with Gasteiger partial charge >= 0.3 is 12.2 Å². The van der Waals surface area contributed by atoms with Crippen molar-refractivity contribution in [2.45, 2.75) is 62.7 Å². The van der Waals surface area contributed by atoms with E-state index in [1.807, 2.05) is 72.8 Å². The Morgan fingerprint density at radius 2 is 1.42 bits per heavy atom. The standard InChI is InChI=1S/C48H46N8O6/c1-54(48(60)61)42(32-13-7-4-8-14-32)46(58)56-26-10-16-39(56)44-50-36-24-21-33-27-29(19-22-34(33)41(36)52-44)17-18-30-20-23-35-37(28-30)51-43(49-35)38-15-9-25-55(38)45(57)40(53-47(59)62-2)31-11-5-3-6-12-31/h3-8,11-14,19-20,22-23,27-28,38-40,42H,9-10,15-16,21,24-26H2,1-2H3,(H,49,51)(H,50,52)(H,53,59)(H,60,61)/t38-,39-,40+,42+/m0/s1. The fourth-order valence-electron chi connectivity index (χ4n) is 9.11. The number of aryl methyl sites for hydroxylation is 2. The van der Waals surface area contributed by atoms with Gasteiger partial charge in [0.05, 0.1) is 35.9 Å². The van der Waals surface area contributed by atoms with Crippen LogP contribution in [0.1, 0.15) is 95.0 Å². The fraction of sp³-hybridized carbons (Fsp3) is 0.292. The van der Waals surface area contributed by atoms with Crippen molar-refractivity contribution < 1.29 is 29.0 Å². The van der Waals surface area contributed by atoms with Crippen LogP contribution in [0.4, 0.5) is 9.59 Å². The van der Waals surface area contributed by atoms with Crippen molar-refractivity contribution in [1.82, 2.24) is 40.0 Å². The van der Waals surface area contributed by atoms with Gasteiger partial charge in [0.1, 0.15) is 23.7 Å². The number of imidazole rings is 2. The van der Waals surface area contributed by atoms with Crippen LogP contribution in [0.2, 0.25) is 0 Å². The number of carboxylic acid groups (broad SMARTS) is 1. The van der Waals surface area contributed by atoms with Gasteiger partial charge in [0.15, 0.2) is 0 Å². The molecule has 4 heterocycles. The first-order valence-electron chi connectivity index (χ1n) is 20.9. The molecule has 4 amide bonds. The number of carbonyl (C=O) groups is 4. The second-order valence-electron chi connectivity index (χ2n) is 16.0. The van der Waals surface area contributed by atoms with Gasteiger partial charge < -0.3 is 34.9 Å². The summed E-state index contributed by atoms with van der Waals surface area (Å²) in [6, 6.07) is 27.8. The SMILES string of the molecule is COC(=O)N[C@@H](C(=O)N1CCC[C@H]1c1nc2ccc(C#Cc3ccc4c(c3)CCc3[nH]c([C@@H]5CCCN5C(=O)[C@@H](c5ccccc5)N(C)C(=O)O)nc3-4)cc2[nH]1)c1ccccc1. The molecule has 14 heteroatoms. The third-order valence-electron chi connectivity index (χ3n) is 12.2. The Balaban J connectivity index is 0.912. The van der Waals surface area contributed by atoms with Crippen LogP contribution in [-0.4, -0.2) is 91.0 Å². The Morgan fingerprint density at radius 1 is 0.790 bits per heavy atom. The number of fused-ring (bicyclic) bond motifs is 4. The number of H-pyrrole nitrogens is 2. The lowest BCUT2D eigenvalue weighted by atomic mass is 9.91. The van der Waals surface area contributed by atoms with Gasteiger partial charge in [-0.3, -0.25) is 14.5 Å². The molecule has 4 atom stereocenters. The number of carbonyl (C=O) groups excluding carboxylic acids is 3. The second kappa shape index (κ2) is 16.9. The molecule has 9 rings (SSSR count). The van der Waals surface area contributed by atoms with E-state index >= 15 is 0 Å². The van der Waals surface area contributed by atoms with Gasteiger partial charge in [-0.2, -0.15) is 0 Å². The molecule has 62 heavy (non-hydrogen) atoms. The van der Waals surface area contributed by atoms with Crippen molar-refractivity contribution in [3.05, 3.63) is 142 Å². The maximum atomic E-state index is 14.1. The van der Waals surface area contributed by atoms with Gasteiger partial charge in [-0.25, -0.2) is 19.6 Å². The summed E-state index contributed by atoms with van der Waals surface area (Å²) in [4.78, 5) is 74.0. The summed E-state index contributed by atoms with van der Waals surface area (Å²) in [5, 5.41) is 12.6. The lowest BCUT2D eigenvalue weighted by Gasteiger charge is -2.32. The van der Waals surface area contributed by atoms with E-state index in [0.29, 0.717) is 30.0 Å². The highest BCUT2D eigenvalue weighted by Gasteiger charge is 2.40. The Morgan fingerprint density at radius 3 is 2.10 bits per heavy atom. The predicted molar refractivity (Wildman–Crippen MR) is 231 cm³/mol. The minimum absolute atomic E-state index is 0.225. The highest BCUT2D eigenvalue weighted by atomic mass is 16.5. The van der Waals surface area contributed by atoms with E-state index in [1.165, 1.54) is 14.2 Å². The van der Waals surface area contributed by atoms with Crippen LogP contribution < -0.4 is 5.32 Å². The molecule has 6 aromatic rings. The van der Waals surface area contributed by atoms with E-state index in [4.69, 9.17) is 14.7 Å². The second-order valence-corrected chi connectivity index (χ2v) is 16.0. The van der Waals surface area contributed by atoms with Crippen molar-refractivity contribution in [3.63, 3.8) is 0 Å². The molecule has 0 radical (unpaired) electrons. The fourth-order valence-corrected chi connectivity index (χ4v) is 9.11. The van der Waals surface area contributed by atoms with Crippen molar-refractivity contribution in [3.8, 4) is 23.1 Å². The molecule has 314 valence electrons. The zero-order valence-electron chi connectivity index (χ0n) is 34.4. The Bertz CT molecular complexity index is 2740. The van der Waals surface area contributed by atoms with Crippen molar-refractivity contribution in [2.24, 2.45) is 0 Å². The minimum Gasteiger partial charge on any atom is -0.465 e. The van der Waals surface area contributed by atoms with Gasteiger partial charge in [-0.1, -0.05) is 78.6 Å². The molecule has 0 unspecified atom stereocenters. The first-order valence-corrected chi connectivity index (χ1v) is 20.9. The summed E-state index contributed by atoms with van der Waals surface area (Å²) in [6.07, 6.45) is 2.78. The number of ether oxygens (including phenoxy) is 1. The van der Waals surface area contributed by atoms with Crippen LogP contribution in [0, 0.1) is 11.8 Å². The lowest BCUT2D eigenvalue weighted by Crippen LogP contribution is -2.43. The summed E-state index contributed by atoms with van der Waals surface area (Å²) in [7, 11) is 2.71. The molecule has 0 saturated carbocycles. The van der Waals surface area contributed by atoms with E-state index < -0.39 is 24.3 Å². The molecule has 1 aliphatic carbocycles. The van der Waals surface area contributed by atoms with Crippen LogP contribution in [0.15, 0.2) is 97.1 Å². The summed E-state index contributed by atoms with van der Waals surface area (Å²) in [5.74, 6) is 7.58. The number of hydrogen-bond acceptors (Lipinski definition) is 7. The smallest absolute Gasteiger partial charge is 0.407 e. The normalized spacial score (nSPS) is 17.6. The Kier molecular flexibility index (Phi) is 10.9. The summed E-state index contributed by atoms with van der Waals surface area (Å²) < 4.78 is 4.84. The molecule has 2 aromatic heterocycles. The number of aromatic amines is 2. The molecular weight excluding hydrogens is 785 g/mol. The average molecular weight is 831 g/mol. The zero-order chi connectivity index (χ0) is 42.9. The van der Waals surface area contributed by atoms with E-state index in [0.717, 1.165) is 93.9 Å². The molecule has 14 nitrogen and oxygen atoms in total. The van der Waals surface area contributed by atoms with Crippen molar-refractivity contribution in [1.29, 1.82) is 0 Å². The molecule has 0 bridgehead atoms. The van der Waals surface area contributed by atoms with E-state index in [-0.39, 0.29) is 23.9 Å². The number of likely N-dealkylation sites (tertiary alicyclic amines) is 2. The van der Waals surface area contributed by atoms with Gasteiger partial charge in [0, 0.05) is 42.5 Å². The number of hydrogen-bond donors (Lipinski definition) is 4. The monoisotopic (exact) mass is 830 g/mol. The molecule has 2 aliphatic heterocycles. The number of methoxy groups -OCH3 is 1. The molecule has 2 fully saturated rings. The zero-order valence-corrected chi connectivity index (χ0v) is 34.4. The van der Waals surface area contributed by atoms with Crippen LogP contribution >= 0.6 is 0 Å². The maximum absolute atomic E-state index is 14.1. The first-order chi connectivity index (χ1) is 30.2. The third kappa shape index (κ3) is 7.73. The van der Waals surface area contributed by atoms with Gasteiger partial charge in [-0.05, 0) is 85.5 Å². The van der Waals surface area contributed by atoms with Crippen LogP contribution in [0.3, 0.4) is 0 Å². The summed E-state index contributed by atoms with van der Waals surface area (Å²) >= 11 is 0. The Hall–Kier alpha value is -7.40. The largest absolute Gasteiger partial charge is 0.465 e. The van der Waals surface area contributed by atoms with Crippen LogP contribution in [0.25, 0.3) is 22.3 Å². The summed E-state index contributed by atoms with van der Waals surface area (Å²) in [5.41, 5.74) is 8.66. The van der Waals surface area contributed by atoms with Crippen LogP contribution in [-0.2, 0) is 27.2 Å². The number of nitrogens with one attached hydrogen (secondary N) is 3. The third-order valence-corrected chi connectivity index (χ3v) is 12.2. The summed E-state index contributed by atoms with van der Waals surface area (Å²) in [6.45, 7) is 1.06. The van der Waals surface area contributed by atoms with Gasteiger partial charge in [0.25, 0.3) is 11.8 Å². The number of likely N-dealkylation sites (N-methyl/N-ethyl adjacent to an activating group) is 1. The highest BCUT2D eigenvalue weighted by Crippen LogP contribution is 2.39. The molecule has 4 aromatic carbocycles. The van der Waals surface area contributed by atoms with Gasteiger partial charge in [-0.15, -0.1) is 0 Å². The van der Waals surface area contributed by atoms with E-state index in [2.05, 4.69) is 39.3 Å². The lowest BCUT2D eigenvalue weighted by molar-refractivity contribution is -0.137. The molecule has 0 spiro atoms. The topological polar surface area (TPSA) is 177 Å². The average Bonchev–Trinajstić information content (AvgIpc) is 4.13. The predicted octanol–water partition coefficient (Wildman–Crippen LogP) is 7.23. The minimum atomic E-state index is -1.17. The first kappa shape index (κ1) is 40.0. The molecule has 3 aliphatic rings. The highest BCUT2D eigenvalue weighted by molar-refractivity contribution is 5.88. The maximum Gasteiger partial charge on any atom is 0.407 e. The quantitative estimate of drug-likeness (QED) is 0.116. The van der Waals surface area contributed by atoms with Crippen molar-refractivity contribution in [2.75, 3.05) is 27.2 Å².